The first-order valence-corrected chi connectivity index (χ1v) is 9.97. The smallest absolute Gasteiger partial charge is 0.303 e. The number of carboxylic acids is 1. The molecule has 3 aromatic carbocycles. The van der Waals surface area contributed by atoms with Gasteiger partial charge in [-0.05, 0) is 65.8 Å². The SMILES string of the molecule is COc1ccc(F)c(-c2ccc(C3CCc4ccc(CCC(=O)O)cc4O3)cc2)c1. The number of carboxylic acid groups (broad SMARTS) is 1. The molecule has 1 aliphatic heterocycles. The van der Waals surface area contributed by atoms with E-state index < -0.39 is 5.97 Å². The first-order chi connectivity index (χ1) is 14.5. The molecule has 0 bridgehead atoms. The van der Waals surface area contributed by atoms with Crippen LogP contribution in [0.2, 0.25) is 0 Å². The summed E-state index contributed by atoms with van der Waals surface area (Å²) in [6.07, 6.45) is 2.25. The fraction of sp³-hybridized carbons (Fsp3) is 0.240. The molecule has 0 saturated carbocycles. The second-order valence-corrected chi connectivity index (χ2v) is 7.45. The van der Waals surface area contributed by atoms with Gasteiger partial charge in [-0.15, -0.1) is 0 Å². The number of aliphatic carboxylic acids is 1. The standard InChI is InChI=1S/C25H23FO4/c1-29-20-10-11-22(26)21(15-20)17-5-7-18(8-6-17)23-12-9-19-4-2-16(3-13-25(27)28)14-24(19)30-23/h2,4-8,10-11,14-15,23H,3,9,12-13H2,1H3,(H,27,28). The highest BCUT2D eigenvalue weighted by molar-refractivity contribution is 5.67. The Bertz CT molecular complexity index is 1060. The zero-order chi connectivity index (χ0) is 21.1. The van der Waals surface area contributed by atoms with Crippen LogP contribution in [0.4, 0.5) is 4.39 Å². The molecule has 5 heteroatoms. The number of hydrogen-bond donors (Lipinski definition) is 1. The summed E-state index contributed by atoms with van der Waals surface area (Å²) >= 11 is 0. The van der Waals surface area contributed by atoms with E-state index in [2.05, 4.69) is 0 Å². The van der Waals surface area contributed by atoms with Crippen molar-refractivity contribution in [3.05, 3.63) is 83.2 Å². The molecule has 0 amide bonds. The summed E-state index contributed by atoms with van der Waals surface area (Å²) in [7, 11) is 1.56. The fourth-order valence-corrected chi connectivity index (χ4v) is 3.79. The van der Waals surface area contributed by atoms with Crippen LogP contribution >= 0.6 is 0 Å². The van der Waals surface area contributed by atoms with Crippen LogP contribution in [0, 0.1) is 5.82 Å². The predicted octanol–water partition coefficient (Wildman–Crippen LogP) is 5.58. The second kappa shape index (κ2) is 8.57. The van der Waals surface area contributed by atoms with Gasteiger partial charge in [0.15, 0.2) is 0 Å². The molecule has 0 fully saturated rings. The van der Waals surface area contributed by atoms with E-state index in [0.717, 1.165) is 40.8 Å². The van der Waals surface area contributed by atoms with Crippen LogP contribution in [-0.4, -0.2) is 18.2 Å². The number of carbonyl (C=O) groups is 1. The van der Waals surface area contributed by atoms with Crippen LogP contribution in [0.5, 0.6) is 11.5 Å². The molecule has 0 aliphatic carbocycles. The molecule has 154 valence electrons. The van der Waals surface area contributed by atoms with E-state index in [-0.39, 0.29) is 18.3 Å². The Labute approximate surface area is 174 Å². The molecule has 0 radical (unpaired) electrons. The topological polar surface area (TPSA) is 55.8 Å². The van der Waals surface area contributed by atoms with Gasteiger partial charge in [-0.1, -0.05) is 36.4 Å². The molecular weight excluding hydrogens is 383 g/mol. The number of rotatable bonds is 6. The third-order valence-corrected chi connectivity index (χ3v) is 5.47. The predicted molar refractivity (Wildman–Crippen MR) is 112 cm³/mol. The lowest BCUT2D eigenvalue weighted by molar-refractivity contribution is -0.136. The zero-order valence-electron chi connectivity index (χ0n) is 16.7. The van der Waals surface area contributed by atoms with Gasteiger partial charge in [-0.2, -0.15) is 0 Å². The van der Waals surface area contributed by atoms with Crippen molar-refractivity contribution >= 4 is 5.97 Å². The zero-order valence-corrected chi connectivity index (χ0v) is 16.7. The molecular formula is C25H23FO4. The minimum Gasteiger partial charge on any atom is -0.497 e. The second-order valence-electron chi connectivity index (χ2n) is 7.45. The van der Waals surface area contributed by atoms with Gasteiger partial charge < -0.3 is 14.6 Å². The van der Waals surface area contributed by atoms with Gasteiger partial charge in [-0.25, -0.2) is 4.39 Å². The number of hydrogen-bond acceptors (Lipinski definition) is 3. The molecule has 1 aliphatic rings. The molecule has 4 nitrogen and oxygen atoms in total. The first kappa shape index (κ1) is 20.0. The minimum absolute atomic E-state index is 0.0866. The molecule has 1 heterocycles. The Morgan fingerprint density at radius 2 is 1.93 bits per heavy atom. The third kappa shape index (κ3) is 4.30. The summed E-state index contributed by atoms with van der Waals surface area (Å²) in [5.41, 5.74) is 4.41. The van der Waals surface area contributed by atoms with Gasteiger partial charge in [0.25, 0.3) is 0 Å². The van der Waals surface area contributed by atoms with Gasteiger partial charge >= 0.3 is 5.97 Å². The van der Waals surface area contributed by atoms with E-state index in [0.29, 0.717) is 17.7 Å². The van der Waals surface area contributed by atoms with E-state index in [4.69, 9.17) is 14.6 Å². The van der Waals surface area contributed by atoms with Crippen LogP contribution in [0.1, 0.15) is 35.6 Å². The van der Waals surface area contributed by atoms with Crippen LogP contribution in [0.25, 0.3) is 11.1 Å². The van der Waals surface area contributed by atoms with Gasteiger partial charge in [0.05, 0.1) is 7.11 Å². The highest BCUT2D eigenvalue weighted by Crippen LogP contribution is 2.36. The lowest BCUT2D eigenvalue weighted by Gasteiger charge is -2.27. The van der Waals surface area contributed by atoms with E-state index >= 15 is 0 Å². The summed E-state index contributed by atoms with van der Waals surface area (Å²) < 4.78 is 25.7. The number of benzene rings is 3. The molecule has 0 aromatic heterocycles. The first-order valence-electron chi connectivity index (χ1n) is 9.97. The van der Waals surface area contributed by atoms with Gasteiger partial charge in [0.1, 0.15) is 23.4 Å². The Kier molecular flexibility index (Phi) is 5.70. The highest BCUT2D eigenvalue weighted by Gasteiger charge is 2.22. The average Bonchev–Trinajstić information content (AvgIpc) is 2.77. The molecule has 4 rings (SSSR count). The van der Waals surface area contributed by atoms with E-state index in [1.165, 1.54) is 6.07 Å². The van der Waals surface area contributed by atoms with Crippen molar-refractivity contribution in [1.29, 1.82) is 0 Å². The van der Waals surface area contributed by atoms with Crippen molar-refractivity contribution in [3.8, 4) is 22.6 Å². The average molecular weight is 406 g/mol. The molecule has 30 heavy (non-hydrogen) atoms. The van der Waals surface area contributed by atoms with Crippen molar-refractivity contribution in [2.24, 2.45) is 0 Å². The van der Waals surface area contributed by atoms with Crippen molar-refractivity contribution in [2.75, 3.05) is 7.11 Å². The maximum Gasteiger partial charge on any atom is 0.303 e. The van der Waals surface area contributed by atoms with Gasteiger partial charge in [0, 0.05) is 12.0 Å². The van der Waals surface area contributed by atoms with Crippen LogP contribution in [-0.2, 0) is 17.6 Å². The molecule has 1 unspecified atom stereocenters. The molecule has 0 saturated heterocycles. The van der Waals surface area contributed by atoms with E-state index in [9.17, 15) is 9.18 Å². The molecule has 0 spiro atoms. The van der Waals surface area contributed by atoms with Crippen molar-refractivity contribution in [1.82, 2.24) is 0 Å². The Morgan fingerprint density at radius 3 is 2.67 bits per heavy atom. The van der Waals surface area contributed by atoms with Gasteiger partial charge in [0.2, 0.25) is 0 Å². The number of fused-ring (bicyclic) bond motifs is 1. The lowest BCUT2D eigenvalue weighted by Crippen LogP contribution is -2.15. The highest BCUT2D eigenvalue weighted by atomic mass is 19.1. The van der Waals surface area contributed by atoms with Crippen LogP contribution in [0.3, 0.4) is 0 Å². The summed E-state index contributed by atoms with van der Waals surface area (Å²) in [5, 5.41) is 8.89. The summed E-state index contributed by atoms with van der Waals surface area (Å²) in [4.78, 5) is 10.8. The third-order valence-electron chi connectivity index (χ3n) is 5.47. The van der Waals surface area contributed by atoms with Crippen molar-refractivity contribution in [3.63, 3.8) is 0 Å². The molecule has 1 atom stereocenters. The molecule has 3 aromatic rings. The summed E-state index contributed by atoms with van der Waals surface area (Å²) in [5.74, 6) is 0.331. The maximum atomic E-state index is 14.2. The normalized spacial score (nSPS) is 15.2. The summed E-state index contributed by atoms with van der Waals surface area (Å²) in [6.45, 7) is 0. The van der Waals surface area contributed by atoms with Crippen LogP contribution in [0.15, 0.2) is 60.7 Å². The largest absolute Gasteiger partial charge is 0.497 e. The maximum absolute atomic E-state index is 14.2. The minimum atomic E-state index is -0.806. The van der Waals surface area contributed by atoms with Crippen molar-refractivity contribution < 1.29 is 23.8 Å². The lowest BCUT2D eigenvalue weighted by atomic mass is 9.94. The van der Waals surface area contributed by atoms with E-state index in [1.54, 1.807) is 19.2 Å². The van der Waals surface area contributed by atoms with Crippen molar-refractivity contribution in [2.45, 2.75) is 31.8 Å². The number of halogens is 1. The quantitative estimate of drug-likeness (QED) is 0.580. The number of aryl methyl sites for hydroxylation is 2. The Balaban J connectivity index is 1.52. The number of ether oxygens (including phenoxy) is 2. The summed E-state index contributed by atoms with van der Waals surface area (Å²) in [6, 6.07) is 18.4. The monoisotopic (exact) mass is 406 g/mol. The molecule has 1 N–H and O–H groups in total. The van der Waals surface area contributed by atoms with E-state index in [1.807, 2.05) is 42.5 Å². The number of methoxy groups -OCH3 is 1. The fourth-order valence-electron chi connectivity index (χ4n) is 3.79. The van der Waals surface area contributed by atoms with Crippen LogP contribution < -0.4 is 9.47 Å². The van der Waals surface area contributed by atoms with Gasteiger partial charge in [-0.3, -0.25) is 4.79 Å². The Morgan fingerprint density at radius 1 is 1.13 bits per heavy atom. The Hall–Kier alpha value is -3.34.